The quantitative estimate of drug-likeness (QED) is 0.146. The van der Waals surface area contributed by atoms with E-state index in [2.05, 4.69) is 82.8 Å². The van der Waals surface area contributed by atoms with Crippen LogP contribution in [0.4, 0.5) is 0 Å². The standard InChI is InChI=1S/C24H16N2.C13H12O2S.Eu/c1-3-7-17(8-4-1)19-13-15-25-23-21(19)11-12-22-20(14-16-26-24(22)23)18-9-5-2-6-10-18;1-8-6-9(2)12(14)10(7-8)13(15)11-4-3-5-16-11;/h1-16H;3-7,14H,1-2H3;. The molecule has 0 aliphatic rings. The van der Waals surface area contributed by atoms with E-state index in [4.69, 9.17) is 0 Å². The molecule has 0 saturated heterocycles. The first kappa shape index (κ1) is 30.9. The van der Waals surface area contributed by atoms with Crippen molar-refractivity contribution in [3.63, 3.8) is 0 Å². The molecule has 0 saturated carbocycles. The molecule has 43 heavy (non-hydrogen) atoms. The normalized spacial score (nSPS) is 10.6. The van der Waals surface area contributed by atoms with Gasteiger partial charge in [-0.15, -0.1) is 11.3 Å². The SMILES string of the molecule is Cc1cc(C)c(O)c(C(=O)c2cccs2)c1.[Eu].c1ccc(-c2ccnc3c2ccc2c(-c4ccccc4)ccnc23)cc1. The molecule has 1 radical (unpaired) electrons. The van der Waals surface area contributed by atoms with E-state index in [1.54, 1.807) is 19.1 Å². The number of phenolic OH excluding ortho intramolecular Hbond substituents is 1. The molecule has 3 aromatic heterocycles. The van der Waals surface area contributed by atoms with E-state index in [0.29, 0.717) is 10.4 Å². The molecule has 0 fully saturated rings. The summed E-state index contributed by atoms with van der Waals surface area (Å²) in [5, 5.41) is 14.0. The van der Waals surface area contributed by atoms with Crippen molar-refractivity contribution in [2.24, 2.45) is 0 Å². The third kappa shape index (κ3) is 6.53. The molecule has 7 rings (SSSR count). The second-order valence-corrected chi connectivity index (χ2v) is 11.0. The molecule has 6 heteroatoms. The van der Waals surface area contributed by atoms with Crippen LogP contribution in [0.2, 0.25) is 0 Å². The maximum absolute atomic E-state index is 12.1. The zero-order valence-corrected chi connectivity index (χ0v) is 26.9. The molecule has 0 atom stereocenters. The molecular weight excluding hydrogens is 688 g/mol. The zero-order valence-electron chi connectivity index (χ0n) is 23.7. The van der Waals surface area contributed by atoms with E-state index >= 15 is 0 Å². The largest absolute Gasteiger partial charge is 0.507 e. The summed E-state index contributed by atoms with van der Waals surface area (Å²) >= 11 is 1.39. The van der Waals surface area contributed by atoms with Crippen molar-refractivity contribution in [1.29, 1.82) is 0 Å². The molecule has 4 nitrogen and oxygen atoms in total. The number of hydrogen-bond acceptors (Lipinski definition) is 5. The van der Waals surface area contributed by atoms with Crippen molar-refractivity contribution in [2.45, 2.75) is 13.8 Å². The summed E-state index contributed by atoms with van der Waals surface area (Å²) in [6.07, 6.45) is 3.75. The van der Waals surface area contributed by atoms with E-state index in [1.807, 2.05) is 49.0 Å². The average Bonchev–Trinajstić information content (AvgIpc) is 3.58. The maximum Gasteiger partial charge on any atom is 0.206 e. The molecular formula is C37H28EuN2O2S. The minimum Gasteiger partial charge on any atom is -0.507 e. The van der Waals surface area contributed by atoms with Crippen LogP contribution < -0.4 is 0 Å². The van der Waals surface area contributed by atoms with Gasteiger partial charge in [-0.25, -0.2) is 0 Å². The Balaban J connectivity index is 0.000000188. The van der Waals surface area contributed by atoms with Crippen LogP contribution in [0, 0.1) is 63.2 Å². The van der Waals surface area contributed by atoms with Gasteiger partial charge < -0.3 is 5.11 Å². The number of nitrogens with zero attached hydrogens (tertiary/aromatic N) is 2. The molecule has 0 bridgehead atoms. The van der Waals surface area contributed by atoms with Crippen LogP contribution in [0.25, 0.3) is 44.1 Å². The average molecular weight is 717 g/mol. The fourth-order valence-corrected chi connectivity index (χ4v) is 5.92. The Hall–Kier alpha value is -3.55. The van der Waals surface area contributed by atoms with Crippen LogP contribution in [0.3, 0.4) is 0 Å². The van der Waals surface area contributed by atoms with Gasteiger partial charge in [-0.1, -0.05) is 84.9 Å². The number of pyridine rings is 2. The number of thiophene rings is 1. The molecule has 0 aliphatic carbocycles. The van der Waals surface area contributed by atoms with Gasteiger partial charge in [0, 0.05) is 72.5 Å². The molecule has 1 N–H and O–H groups in total. The van der Waals surface area contributed by atoms with Crippen LogP contribution >= 0.6 is 11.3 Å². The Morgan fingerprint density at radius 3 is 1.70 bits per heavy atom. The number of benzene rings is 4. The fourth-order valence-electron chi connectivity index (χ4n) is 5.24. The van der Waals surface area contributed by atoms with Crippen molar-refractivity contribution >= 4 is 38.9 Å². The Bertz CT molecular complexity index is 1930. The first-order chi connectivity index (χ1) is 20.5. The summed E-state index contributed by atoms with van der Waals surface area (Å²) in [5.41, 5.74) is 8.75. The van der Waals surface area contributed by atoms with E-state index in [0.717, 1.165) is 32.9 Å². The zero-order chi connectivity index (χ0) is 29.1. The van der Waals surface area contributed by atoms with Crippen LogP contribution in [0.1, 0.15) is 26.4 Å². The number of aromatic nitrogens is 2. The van der Waals surface area contributed by atoms with Gasteiger partial charge in [-0.2, -0.15) is 0 Å². The third-order valence-corrected chi connectivity index (χ3v) is 8.09. The summed E-state index contributed by atoms with van der Waals surface area (Å²) in [7, 11) is 0. The number of hydrogen-bond donors (Lipinski definition) is 1. The number of carbonyl (C=O) groups excluding carboxylic acids is 1. The first-order valence-electron chi connectivity index (χ1n) is 13.7. The number of carbonyl (C=O) groups is 1. The van der Waals surface area contributed by atoms with Crippen LogP contribution in [-0.4, -0.2) is 20.9 Å². The van der Waals surface area contributed by atoms with Crippen molar-refractivity contribution < 1.29 is 59.3 Å². The molecule has 211 valence electrons. The Kier molecular flexibility index (Phi) is 9.94. The maximum atomic E-state index is 12.1. The predicted octanol–water partition coefficient (Wildman–Crippen LogP) is 9.42. The Morgan fingerprint density at radius 2 is 1.21 bits per heavy atom. The van der Waals surface area contributed by atoms with Gasteiger partial charge in [0.1, 0.15) is 5.75 Å². The number of aryl methyl sites for hydroxylation is 2. The van der Waals surface area contributed by atoms with Gasteiger partial charge in [0.15, 0.2) is 0 Å². The summed E-state index contributed by atoms with van der Waals surface area (Å²) in [6.45, 7) is 3.71. The van der Waals surface area contributed by atoms with Crippen LogP contribution in [0.15, 0.2) is 127 Å². The summed E-state index contributed by atoms with van der Waals surface area (Å²) in [5.74, 6) is -0.0247. The number of phenols is 1. The van der Waals surface area contributed by atoms with Crippen LogP contribution in [0.5, 0.6) is 5.75 Å². The molecule has 0 unspecified atom stereocenters. The molecule has 0 spiro atoms. The molecule has 7 aromatic rings. The number of ketones is 1. The minimum atomic E-state index is -0.112. The summed E-state index contributed by atoms with van der Waals surface area (Å²) < 4.78 is 0. The fraction of sp³-hybridized carbons (Fsp3) is 0.0541. The summed E-state index contributed by atoms with van der Waals surface area (Å²) in [6, 6.07) is 36.5. The van der Waals surface area contributed by atoms with E-state index < -0.39 is 0 Å². The topological polar surface area (TPSA) is 63.1 Å². The van der Waals surface area contributed by atoms with Crippen molar-refractivity contribution in [1.82, 2.24) is 9.97 Å². The number of fused-ring (bicyclic) bond motifs is 3. The first-order valence-corrected chi connectivity index (χ1v) is 14.5. The molecule has 0 aliphatic heterocycles. The monoisotopic (exact) mass is 717 g/mol. The molecule has 3 heterocycles. The van der Waals surface area contributed by atoms with Gasteiger partial charge in [0.25, 0.3) is 0 Å². The van der Waals surface area contributed by atoms with E-state index in [1.165, 1.54) is 33.6 Å². The van der Waals surface area contributed by atoms with Gasteiger partial charge in [0.05, 0.1) is 21.5 Å². The van der Waals surface area contributed by atoms with Gasteiger partial charge in [-0.05, 0) is 76.9 Å². The minimum absolute atomic E-state index is 0. The van der Waals surface area contributed by atoms with E-state index in [-0.39, 0.29) is 60.9 Å². The third-order valence-electron chi connectivity index (χ3n) is 7.23. The van der Waals surface area contributed by atoms with Gasteiger partial charge >= 0.3 is 0 Å². The Labute approximate surface area is 295 Å². The number of rotatable bonds is 4. The van der Waals surface area contributed by atoms with Crippen molar-refractivity contribution in [3.8, 4) is 28.0 Å². The van der Waals surface area contributed by atoms with E-state index in [9.17, 15) is 9.90 Å². The van der Waals surface area contributed by atoms with Crippen LogP contribution in [-0.2, 0) is 0 Å². The Morgan fingerprint density at radius 1 is 0.674 bits per heavy atom. The summed E-state index contributed by atoms with van der Waals surface area (Å²) in [4.78, 5) is 22.1. The van der Waals surface area contributed by atoms with Crippen molar-refractivity contribution in [2.75, 3.05) is 0 Å². The van der Waals surface area contributed by atoms with Crippen molar-refractivity contribution in [3.05, 3.63) is 149 Å². The van der Waals surface area contributed by atoms with Gasteiger partial charge in [-0.3, -0.25) is 14.8 Å². The second kappa shape index (κ2) is 13.8. The second-order valence-electron chi connectivity index (χ2n) is 10.1. The molecule has 4 aromatic carbocycles. The van der Waals surface area contributed by atoms with Gasteiger partial charge in [0.2, 0.25) is 5.78 Å². The molecule has 0 amide bonds. The number of aromatic hydroxyl groups is 1. The smallest absolute Gasteiger partial charge is 0.206 e. The predicted molar refractivity (Wildman–Crippen MR) is 173 cm³/mol.